The van der Waals surface area contributed by atoms with Gasteiger partial charge in [-0.1, -0.05) is 54.7 Å². The van der Waals surface area contributed by atoms with Crippen LogP contribution in [-0.2, 0) is 0 Å². The number of hydrogen-bond acceptors (Lipinski definition) is 5. The molecule has 1 saturated heterocycles. The summed E-state index contributed by atoms with van der Waals surface area (Å²) in [6.45, 7) is 0. The summed E-state index contributed by atoms with van der Waals surface area (Å²) in [7, 11) is 1.67. The van der Waals surface area contributed by atoms with E-state index in [0.717, 1.165) is 27.7 Å². The zero-order chi connectivity index (χ0) is 16.5. The Balaban J connectivity index is 1.76. The molecule has 0 radical (unpaired) electrons. The van der Waals surface area contributed by atoms with E-state index in [4.69, 9.17) is 21.9 Å². The number of nitrogens with zero attached hydrogens (tertiary/aromatic N) is 2. The van der Waals surface area contributed by atoms with E-state index in [-0.39, 0.29) is 6.04 Å². The largest absolute Gasteiger partial charge is 0.497 e. The highest BCUT2D eigenvalue weighted by atomic mass is 32.2. The summed E-state index contributed by atoms with van der Waals surface area (Å²) < 4.78 is 5.95. The Labute approximate surface area is 150 Å². The van der Waals surface area contributed by atoms with Gasteiger partial charge < -0.3 is 4.74 Å². The smallest absolute Gasteiger partial charge is 0.191 e. The number of ether oxygens (including phenoxy) is 1. The quantitative estimate of drug-likeness (QED) is 0.845. The Morgan fingerprint density at radius 1 is 1.12 bits per heavy atom. The van der Waals surface area contributed by atoms with Gasteiger partial charge in [-0.25, -0.2) is 10.0 Å². The average molecular weight is 353 g/mol. The molecule has 0 amide bonds. The van der Waals surface area contributed by atoms with E-state index >= 15 is 0 Å². The number of thiocarbonyl (C=S) groups is 1. The summed E-state index contributed by atoms with van der Waals surface area (Å²) in [4.78, 5) is 4.83. The molecule has 0 aromatic heterocycles. The van der Waals surface area contributed by atoms with E-state index in [1.165, 1.54) is 11.8 Å². The molecular formula is C18H15N3OS2. The molecule has 1 fully saturated rings. The molecule has 2 aliphatic rings. The van der Waals surface area contributed by atoms with Crippen LogP contribution in [0.25, 0.3) is 5.70 Å². The lowest BCUT2D eigenvalue weighted by molar-refractivity contribution is 0.414. The first-order chi connectivity index (χ1) is 11.7. The van der Waals surface area contributed by atoms with Gasteiger partial charge in [0.2, 0.25) is 0 Å². The minimum Gasteiger partial charge on any atom is -0.497 e. The van der Waals surface area contributed by atoms with Gasteiger partial charge in [0.1, 0.15) is 5.75 Å². The van der Waals surface area contributed by atoms with Gasteiger partial charge >= 0.3 is 0 Å². The van der Waals surface area contributed by atoms with Crippen LogP contribution in [0.1, 0.15) is 17.2 Å². The second-order valence-electron chi connectivity index (χ2n) is 5.38. The third-order valence-corrected chi connectivity index (χ3v) is 5.00. The Morgan fingerprint density at radius 3 is 2.58 bits per heavy atom. The fourth-order valence-electron chi connectivity index (χ4n) is 2.72. The highest BCUT2D eigenvalue weighted by Gasteiger charge is 2.32. The summed E-state index contributed by atoms with van der Waals surface area (Å²) in [6.07, 6.45) is 2.15. The van der Waals surface area contributed by atoms with Gasteiger partial charge in [-0.3, -0.25) is 5.43 Å². The van der Waals surface area contributed by atoms with Gasteiger partial charge in [0.25, 0.3) is 0 Å². The fraction of sp³-hybridized carbons (Fsp3) is 0.111. The molecule has 120 valence electrons. The van der Waals surface area contributed by atoms with E-state index in [1.54, 1.807) is 7.11 Å². The first kappa shape index (κ1) is 15.2. The van der Waals surface area contributed by atoms with Gasteiger partial charge in [-0.15, -0.1) is 0 Å². The van der Waals surface area contributed by atoms with Gasteiger partial charge in [0.15, 0.2) is 9.49 Å². The van der Waals surface area contributed by atoms with Crippen LogP contribution >= 0.6 is 24.0 Å². The second kappa shape index (κ2) is 6.30. The molecule has 0 aliphatic carbocycles. The van der Waals surface area contributed by atoms with Crippen molar-refractivity contribution in [3.63, 3.8) is 0 Å². The van der Waals surface area contributed by atoms with E-state index < -0.39 is 0 Å². The van der Waals surface area contributed by atoms with Crippen molar-refractivity contribution in [2.75, 3.05) is 7.11 Å². The monoisotopic (exact) mass is 353 g/mol. The van der Waals surface area contributed by atoms with Crippen LogP contribution in [0.3, 0.4) is 0 Å². The number of hydrazine groups is 1. The number of methoxy groups -OCH3 is 1. The molecule has 2 aliphatic heterocycles. The Bertz CT molecular complexity index is 831. The van der Waals surface area contributed by atoms with E-state index in [1.807, 2.05) is 47.5 Å². The minimum absolute atomic E-state index is 0.0486. The average Bonchev–Trinajstić information content (AvgIpc) is 3.02. The minimum atomic E-state index is -0.0486. The molecule has 24 heavy (non-hydrogen) atoms. The lowest BCUT2D eigenvalue weighted by Crippen LogP contribution is -2.36. The predicted molar refractivity (Wildman–Crippen MR) is 103 cm³/mol. The Kier molecular flexibility index (Phi) is 4.00. The molecule has 0 saturated carbocycles. The number of thioether (sulfide) groups is 1. The van der Waals surface area contributed by atoms with E-state index in [2.05, 4.69) is 23.6 Å². The SMILES string of the molecule is COc1ccc(C2C=C(c3ccccc3)N3NC(=S)SC3=N2)cc1. The number of aliphatic imine (C=N–C) groups is 1. The van der Waals surface area contributed by atoms with Crippen LogP contribution in [0.4, 0.5) is 0 Å². The number of nitrogens with one attached hydrogen (secondary N) is 1. The third-order valence-electron chi connectivity index (χ3n) is 3.91. The maximum atomic E-state index is 5.31. The molecule has 4 nitrogen and oxygen atoms in total. The lowest BCUT2D eigenvalue weighted by atomic mass is 10.0. The highest BCUT2D eigenvalue weighted by molar-refractivity contribution is 8.33. The van der Waals surface area contributed by atoms with Crippen molar-refractivity contribution >= 4 is 39.2 Å². The Morgan fingerprint density at radius 2 is 1.88 bits per heavy atom. The molecular weight excluding hydrogens is 338 g/mol. The van der Waals surface area contributed by atoms with Crippen molar-refractivity contribution in [1.82, 2.24) is 10.4 Å². The van der Waals surface area contributed by atoms with Crippen molar-refractivity contribution in [3.8, 4) is 5.75 Å². The number of hydrogen-bond donors (Lipinski definition) is 1. The predicted octanol–water partition coefficient (Wildman–Crippen LogP) is 3.99. The summed E-state index contributed by atoms with van der Waals surface area (Å²) in [6, 6.07) is 18.2. The van der Waals surface area contributed by atoms with Crippen molar-refractivity contribution in [2.24, 2.45) is 4.99 Å². The maximum absolute atomic E-state index is 5.31. The topological polar surface area (TPSA) is 36.9 Å². The van der Waals surface area contributed by atoms with Crippen LogP contribution in [0.5, 0.6) is 5.75 Å². The van der Waals surface area contributed by atoms with Gasteiger partial charge in [-0.2, -0.15) is 0 Å². The molecule has 6 heteroatoms. The van der Waals surface area contributed by atoms with Gasteiger partial charge in [-0.05, 0) is 41.1 Å². The number of benzene rings is 2. The summed E-state index contributed by atoms with van der Waals surface area (Å²) >= 11 is 6.79. The standard InChI is InChI=1S/C18H15N3OS2/c1-22-14-9-7-12(8-10-14)15-11-16(13-5-3-2-4-6-13)21-17(19-15)24-18(23)20-21/h2-11,15H,1H3,(H,20,23). The highest BCUT2D eigenvalue weighted by Crippen LogP contribution is 2.36. The van der Waals surface area contributed by atoms with Crippen molar-refractivity contribution in [3.05, 3.63) is 71.8 Å². The Hall–Kier alpha value is -2.31. The number of fused-ring (bicyclic) bond motifs is 1. The van der Waals surface area contributed by atoms with E-state index in [0.29, 0.717) is 4.32 Å². The molecule has 1 N–H and O–H groups in total. The van der Waals surface area contributed by atoms with Gasteiger partial charge in [0.05, 0.1) is 18.8 Å². The molecule has 0 bridgehead atoms. The van der Waals surface area contributed by atoms with Crippen LogP contribution in [-0.4, -0.2) is 21.6 Å². The summed E-state index contributed by atoms with van der Waals surface area (Å²) in [5.74, 6) is 0.842. The van der Waals surface area contributed by atoms with Crippen LogP contribution < -0.4 is 10.2 Å². The maximum Gasteiger partial charge on any atom is 0.191 e. The lowest BCUT2D eigenvalue weighted by Gasteiger charge is -2.27. The molecule has 4 rings (SSSR count). The second-order valence-corrected chi connectivity index (χ2v) is 7.03. The van der Waals surface area contributed by atoms with Crippen LogP contribution in [0, 0.1) is 0 Å². The summed E-state index contributed by atoms with van der Waals surface area (Å²) in [5, 5.41) is 2.84. The first-order valence-electron chi connectivity index (χ1n) is 7.52. The molecule has 1 atom stereocenters. The molecule has 2 aromatic rings. The van der Waals surface area contributed by atoms with E-state index in [9.17, 15) is 0 Å². The zero-order valence-electron chi connectivity index (χ0n) is 13.0. The van der Waals surface area contributed by atoms with Crippen LogP contribution in [0.15, 0.2) is 65.7 Å². The van der Waals surface area contributed by atoms with Gasteiger partial charge in [0, 0.05) is 0 Å². The zero-order valence-corrected chi connectivity index (χ0v) is 14.6. The first-order valence-corrected chi connectivity index (χ1v) is 8.74. The normalized spacial score (nSPS) is 19.3. The summed E-state index contributed by atoms with van der Waals surface area (Å²) in [5.41, 5.74) is 6.51. The fourth-order valence-corrected chi connectivity index (χ4v) is 3.74. The molecule has 2 aromatic carbocycles. The number of amidine groups is 1. The molecule has 2 heterocycles. The van der Waals surface area contributed by atoms with Crippen LogP contribution in [0.2, 0.25) is 0 Å². The molecule has 1 unspecified atom stereocenters. The van der Waals surface area contributed by atoms with Crippen molar-refractivity contribution in [1.29, 1.82) is 0 Å². The number of rotatable bonds is 3. The molecule has 0 spiro atoms. The van der Waals surface area contributed by atoms with Crippen molar-refractivity contribution < 1.29 is 4.74 Å². The van der Waals surface area contributed by atoms with Crippen molar-refractivity contribution in [2.45, 2.75) is 6.04 Å². The third kappa shape index (κ3) is 2.79.